The average Bonchev–Trinajstić information content (AvgIpc) is 3.06. The first-order valence-electron chi connectivity index (χ1n) is 10.3. The van der Waals surface area contributed by atoms with E-state index in [4.69, 9.17) is 4.74 Å². The zero-order valence-electron chi connectivity index (χ0n) is 18.4. The molecule has 0 aliphatic carbocycles. The smallest absolute Gasteiger partial charge is 0.300 e. The van der Waals surface area contributed by atoms with Gasteiger partial charge in [-0.1, -0.05) is 23.8 Å². The minimum absolute atomic E-state index is 0.0195. The maximum Gasteiger partial charge on any atom is 0.300 e. The number of hydrogen-bond donors (Lipinski definition) is 1. The van der Waals surface area contributed by atoms with Crippen LogP contribution in [-0.4, -0.2) is 28.9 Å². The largest absolute Gasteiger partial charge is 0.507 e. The molecule has 6 nitrogen and oxygen atoms in total. The molecule has 1 N–H and O–H groups in total. The van der Waals surface area contributed by atoms with Crippen molar-refractivity contribution < 1.29 is 19.4 Å². The number of nitrogens with zero attached hydrogens (tertiary/aromatic N) is 2. The summed E-state index contributed by atoms with van der Waals surface area (Å²) in [6.07, 6.45) is 3.21. The van der Waals surface area contributed by atoms with Gasteiger partial charge in [0.2, 0.25) is 0 Å². The van der Waals surface area contributed by atoms with Gasteiger partial charge in [0.05, 0.1) is 24.3 Å². The summed E-state index contributed by atoms with van der Waals surface area (Å²) in [7, 11) is 1.50. The molecule has 4 rings (SSSR count). The van der Waals surface area contributed by atoms with Crippen LogP contribution in [0.25, 0.3) is 5.76 Å². The summed E-state index contributed by atoms with van der Waals surface area (Å²) in [5.41, 5.74) is 4.39. The van der Waals surface area contributed by atoms with Crippen molar-refractivity contribution in [1.29, 1.82) is 0 Å². The number of carbonyl (C=O) groups is 2. The number of hydrogen-bond acceptors (Lipinski definition) is 5. The second-order valence-electron chi connectivity index (χ2n) is 7.94. The van der Waals surface area contributed by atoms with E-state index in [1.165, 1.54) is 12.0 Å². The molecule has 3 aromatic rings. The summed E-state index contributed by atoms with van der Waals surface area (Å²) in [6.45, 7) is 5.70. The number of rotatable bonds is 4. The number of aromatic nitrogens is 1. The first-order chi connectivity index (χ1) is 15.3. The molecule has 6 heteroatoms. The normalized spacial score (nSPS) is 17.6. The van der Waals surface area contributed by atoms with E-state index in [0.717, 1.165) is 16.7 Å². The number of aryl methyl sites for hydroxylation is 3. The molecule has 32 heavy (non-hydrogen) atoms. The molecular weight excluding hydrogens is 404 g/mol. The van der Waals surface area contributed by atoms with Crippen LogP contribution in [0.2, 0.25) is 0 Å². The van der Waals surface area contributed by atoms with Crippen LogP contribution in [0.15, 0.2) is 66.5 Å². The Morgan fingerprint density at radius 2 is 1.62 bits per heavy atom. The van der Waals surface area contributed by atoms with E-state index in [1.54, 1.807) is 36.7 Å². The number of methoxy groups -OCH3 is 1. The Morgan fingerprint density at radius 1 is 0.969 bits per heavy atom. The lowest BCUT2D eigenvalue weighted by atomic mass is 9.94. The number of ketones is 1. The molecule has 1 saturated heterocycles. The van der Waals surface area contributed by atoms with Gasteiger partial charge in [0.15, 0.2) is 0 Å². The molecule has 0 bridgehead atoms. The van der Waals surface area contributed by atoms with Crippen LogP contribution >= 0.6 is 0 Å². The molecule has 0 saturated carbocycles. The second kappa shape index (κ2) is 8.30. The van der Waals surface area contributed by atoms with Gasteiger partial charge in [-0.25, -0.2) is 0 Å². The molecular formula is C26H24N2O4. The van der Waals surface area contributed by atoms with Gasteiger partial charge < -0.3 is 9.84 Å². The fourth-order valence-electron chi connectivity index (χ4n) is 4.07. The molecule has 1 atom stereocenters. The molecule has 1 unspecified atom stereocenters. The van der Waals surface area contributed by atoms with E-state index >= 15 is 0 Å². The van der Waals surface area contributed by atoms with Crippen LogP contribution in [0.3, 0.4) is 0 Å². The zero-order chi connectivity index (χ0) is 23.0. The number of ether oxygens (including phenoxy) is 1. The van der Waals surface area contributed by atoms with Crippen molar-refractivity contribution in [3.63, 3.8) is 0 Å². The molecule has 0 spiro atoms. The predicted octanol–water partition coefficient (Wildman–Crippen LogP) is 4.64. The highest BCUT2D eigenvalue weighted by Crippen LogP contribution is 2.44. The highest BCUT2D eigenvalue weighted by molar-refractivity contribution is 6.51. The third-order valence-corrected chi connectivity index (χ3v) is 5.70. The van der Waals surface area contributed by atoms with Gasteiger partial charge in [0.1, 0.15) is 11.5 Å². The van der Waals surface area contributed by atoms with Crippen LogP contribution in [0.1, 0.15) is 33.9 Å². The number of anilines is 1. The first-order valence-corrected chi connectivity index (χ1v) is 10.3. The van der Waals surface area contributed by atoms with E-state index in [9.17, 15) is 14.7 Å². The van der Waals surface area contributed by atoms with E-state index in [2.05, 4.69) is 4.98 Å². The summed E-state index contributed by atoms with van der Waals surface area (Å²) in [4.78, 5) is 32.1. The fraction of sp³-hybridized carbons (Fsp3) is 0.192. The minimum Gasteiger partial charge on any atom is -0.507 e. The highest BCUT2D eigenvalue weighted by atomic mass is 16.5. The van der Waals surface area contributed by atoms with Gasteiger partial charge in [-0.15, -0.1) is 0 Å². The van der Waals surface area contributed by atoms with Gasteiger partial charge >= 0.3 is 0 Å². The van der Waals surface area contributed by atoms with Crippen molar-refractivity contribution in [3.05, 3.63) is 94.3 Å². The van der Waals surface area contributed by atoms with Gasteiger partial charge in [0.25, 0.3) is 11.7 Å². The summed E-state index contributed by atoms with van der Waals surface area (Å²) in [6, 6.07) is 13.8. The molecule has 1 aromatic heterocycles. The minimum atomic E-state index is -0.802. The Labute approximate surface area is 186 Å². The number of benzene rings is 2. The number of amides is 1. The molecule has 2 heterocycles. The Balaban J connectivity index is 2.01. The lowest BCUT2D eigenvalue weighted by molar-refractivity contribution is -0.132. The number of pyridine rings is 1. The van der Waals surface area contributed by atoms with Gasteiger partial charge in [0, 0.05) is 18.1 Å². The topological polar surface area (TPSA) is 79.7 Å². The standard InChI is InChI=1S/C26H24N2O4/c1-15-6-8-21(32-4)19(13-15)24(29)22-23(18-9-11-27-12-10-18)28(26(31)25(22)30)20-14-16(2)5-7-17(20)3/h5-14,23,29H,1-4H3/b24-22+. The zero-order valence-corrected chi connectivity index (χ0v) is 18.4. The summed E-state index contributed by atoms with van der Waals surface area (Å²) < 4.78 is 5.42. The first kappa shape index (κ1) is 21.3. The molecule has 1 aliphatic heterocycles. The van der Waals surface area contributed by atoms with Crippen molar-refractivity contribution in [2.45, 2.75) is 26.8 Å². The van der Waals surface area contributed by atoms with Crippen LogP contribution in [0.4, 0.5) is 5.69 Å². The van der Waals surface area contributed by atoms with Crippen LogP contribution in [0, 0.1) is 20.8 Å². The number of aliphatic hydroxyl groups is 1. The Kier molecular flexibility index (Phi) is 5.53. The molecule has 0 radical (unpaired) electrons. The third-order valence-electron chi connectivity index (χ3n) is 5.70. The van der Waals surface area contributed by atoms with Crippen molar-refractivity contribution in [2.75, 3.05) is 12.0 Å². The summed E-state index contributed by atoms with van der Waals surface area (Å²) in [5, 5.41) is 11.3. The van der Waals surface area contributed by atoms with E-state index < -0.39 is 17.7 Å². The van der Waals surface area contributed by atoms with Crippen molar-refractivity contribution in [3.8, 4) is 5.75 Å². The Bertz CT molecular complexity index is 1250. The van der Waals surface area contributed by atoms with Crippen molar-refractivity contribution in [2.24, 2.45) is 0 Å². The molecule has 162 valence electrons. The highest BCUT2D eigenvalue weighted by Gasteiger charge is 2.47. The van der Waals surface area contributed by atoms with Crippen LogP contribution in [-0.2, 0) is 9.59 Å². The quantitative estimate of drug-likeness (QED) is 0.372. The Hall–Kier alpha value is -3.93. The molecule has 1 fully saturated rings. The molecule has 1 amide bonds. The predicted molar refractivity (Wildman–Crippen MR) is 123 cm³/mol. The van der Waals surface area contributed by atoms with Crippen molar-refractivity contribution >= 4 is 23.1 Å². The monoisotopic (exact) mass is 428 g/mol. The van der Waals surface area contributed by atoms with E-state index in [0.29, 0.717) is 22.6 Å². The van der Waals surface area contributed by atoms with Gasteiger partial charge in [-0.3, -0.25) is 19.5 Å². The van der Waals surface area contributed by atoms with Gasteiger partial charge in [-0.05, 0) is 67.8 Å². The number of Topliss-reactive ketones (excluding diaryl/α,β-unsaturated/α-hetero) is 1. The lowest BCUT2D eigenvalue weighted by Crippen LogP contribution is -2.30. The maximum absolute atomic E-state index is 13.3. The van der Waals surface area contributed by atoms with E-state index in [1.807, 2.05) is 45.0 Å². The van der Waals surface area contributed by atoms with Crippen LogP contribution < -0.4 is 9.64 Å². The van der Waals surface area contributed by atoms with Gasteiger partial charge in [-0.2, -0.15) is 0 Å². The third kappa shape index (κ3) is 3.54. The van der Waals surface area contributed by atoms with Crippen LogP contribution in [0.5, 0.6) is 5.75 Å². The fourth-order valence-corrected chi connectivity index (χ4v) is 4.07. The Morgan fingerprint density at radius 3 is 2.31 bits per heavy atom. The lowest BCUT2D eigenvalue weighted by Gasteiger charge is -2.27. The SMILES string of the molecule is COc1ccc(C)cc1/C(O)=C1\C(=O)C(=O)N(c2cc(C)ccc2C)C1c1ccncc1. The second-order valence-corrected chi connectivity index (χ2v) is 7.94. The maximum atomic E-state index is 13.3. The van der Waals surface area contributed by atoms with Crippen molar-refractivity contribution in [1.82, 2.24) is 4.98 Å². The number of aliphatic hydroxyl groups excluding tert-OH is 1. The van der Waals surface area contributed by atoms with E-state index in [-0.39, 0.29) is 11.3 Å². The average molecular weight is 428 g/mol. The molecule has 1 aliphatic rings. The summed E-state index contributed by atoms with van der Waals surface area (Å²) in [5.74, 6) is -1.28. The molecule has 2 aromatic carbocycles. The number of carbonyl (C=O) groups excluding carboxylic acids is 2. The summed E-state index contributed by atoms with van der Waals surface area (Å²) >= 11 is 0.